The Balaban J connectivity index is 1.50. The van der Waals surface area contributed by atoms with Crippen LogP contribution in [0.5, 0.6) is 5.75 Å². The number of nitrogens with one attached hydrogen (secondary N) is 1. The fourth-order valence-electron chi connectivity index (χ4n) is 2.98. The highest BCUT2D eigenvalue weighted by molar-refractivity contribution is 5.97. The summed E-state index contributed by atoms with van der Waals surface area (Å²) in [4.78, 5) is 12.0. The summed E-state index contributed by atoms with van der Waals surface area (Å²) in [6.45, 7) is 1.40. The van der Waals surface area contributed by atoms with Gasteiger partial charge in [0.2, 0.25) is 5.91 Å². The molecule has 0 spiro atoms. The number of nitrogens with two attached hydrogens (primary N) is 1. The molecule has 0 saturated heterocycles. The summed E-state index contributed by atoms with van der Waals surface area (Å²) in [6.07, 6.45) is -3.70. The van der Waals surface area contributed by atoms with Gasteiger partial charge in [0, 0.05) is 12.1 Å². The molecule has 0 saturated carbocycles. The minimum atomic E-state index is -4.34. The summed E-state index contributed by atoms with van der Waals surface area (Å²) >= 11 is 0. The quantitative estimate of drug-likeness (QED) is 0.459. The van der Waals surface area contributed by atoms with Gasteiger partial charge in [-0.2, -0.15) is 13.2 Å². The van der Waals surface area contributed by atoms with E-state index in [4.69, 9.17) is 15.6 Å². The molecule has 0 radical (unpaired) electrons. The number of benzene rings is 3. The third-order valence-corrected chi connectivity index (χ3v) is 5.12. The first-order valence-electron chi connectivity index (χ1n) is 10.3. The number of halogens is 3. The number of rotatable bonds is 8. The van der Waals surface area contributed by atoms with Gasteiger partial charge in [0.05, 0.1) is 18.8 Å². The SMILES string of the molecule is C[C@](N)(CO)C(=O)Nc1ccc(OCCc2ccc(-c3ccc(C(F)(F)F)cc3)cc2)cc1. The minimum Gasteiger partial charge on any atom is -0.493 e. The normalized spacial score (nSPS) is 13.3. The van der Waals surface area contributed by atoms with Crippen molar-refractivity contribution in [1.29, 1.82) is 0 Å². The van der Waals surface area contributed by atoms with Crippen LogP contribution in [-0.2, 0) is 17.4 Å². The molecule has 0 aromatic heterocycles. The number of hydrogen-bond acceptors (Lipinski definition) is 4. The van der Waals surface area contributed by atoms with E-state index < -0.39 is 29.8 Å². The van der Waals surface area contributed by atoms with Crippen LogP contribution >= 0.6 is 0 Å². The van der Waals surface area contributed by atoms with E-state index in [1.807, 2.05) is 24.3 Å². The van der Waals surface area contributed by atoms with Gasteiger partial charge in [0.25, 0.3) is 0 Å². The van der Waals surface area contributed by atoms with Crippen LogP contribution in [0.4, 0.5) is 18.9 Å². The standard InChI is InChI=1S/C25H25F3N2O3/c1-24(29,16-31)23(32)30-21-10-12-22(13-11-21)33-15-14-17-2-4-18(5-3-17)19-6-8-20(9-7-19)25(26,27)28/h2-13,31H,14-16,29H2,1H3,(H,30,32)/t24-/m0/s1. The Morgan fingerprint density at radius 2 is 1.48 bits per heavy atom. The third kappa shape index (κ3) is 6.57. The Morgan fingerprint density at radius 1 is 0.939 bits per heavy atom. The monoisotopic (exact) mass is 458 g/mol. The molecule has 0 heterocycles. The van der Waals surface area contributed by atoms with Gasteiger partial charge in [0.1, 0.15) is 11.3 Å². The molecule has 5 nitrogen and oxygen atoms in total. The fraction of sp³-hybridized carbons (Fsp3) is 0.240. The maximum Gasteiger partial charge on any atom is 0.416 e. The average Bonchev–Trinajstić information content (AvgIpc) is 2.80. The van der Waals surface area contributed by atoms with E-state index >= 15 is 0 Å². The molecule has 4 N–H and O–H groups in total. The highest BCUT2D eigenvalue weighted by atomic mass is 19.4. The van der Waals surface area contributed by atoms with Crippen LogP contribution in [0.25, 0.3) is 11.1 Å². The van der Waals surface area contributed by atoms with E-state index in [-0.39, 0.29) is 0 Å². The Hall–Kier alpha value is -3.36. The predicted octanol–water partition coefficient (Wildman–Crippen LogP) is 4.64. The molecule has 0 bridgehead atoms. The van der Waals surface area contributed by atoms with Crippen molar-refractivity contribution in [1.82, 2.24) is 0 Å². The molecule has 3 rings (SSSR count). The van der Waals surface area contributed by atoms with Crippen LogP contribution in [0.15, 0.2) is 72.8 Å². The van der Waals surface area contributed by atoms with Gasteiger partial charge < -0.3 is 20.9 Å². The van der Waals surface area contributed by atoms with E-state index in [0.29, 0.717) is 30.0 Å². The van der Waals surface area contributed by atoms with E-state index in [2.05, 4.69) is 5.32 Å². The van der Waals surface area contributed by atoms with Crippen LogP contribution in [0, 0.1) is 0 Å². The topological polar surface area (TPSA) is 84.6 Å². The largest absolute Gasteiger partial charge is 0.493 e. The maximum atomic E-state index is 12.7. The zero-order valence-electron chi connectivity index (χ0n) is 18.0. The van der Waals surface area contributed by atoms with E-state index in [0.717, 1.165) is 23.3 Å². The number of aliphatic hydroxyl groups is 1. The second-order valence-electron chi connectivity index (χ2n) is 7.92. The lowest BCUT2D eigenvalue weighted by molar-refractivity contribution is -0.137. The van der Waals surface area contributed by atoms with E-state index in [9.17, 15) is 18.0 Å². The predicted molar refractivity (Wildman–Crippen MR) is 121 cm³/mol. The number of carbonyl (C=O) groups is 1. The van der Waals surface area contributed by atoms with Crippen molar-refractivity contribution in [2.45, 2.75) is 25.1 Å². The highest BCUT2D eigenvalue weighted by Crippen LogP contribution is 2.31. The van der Waals surface area contributed by atoms with E-state index in [1.54, 1.807) is 24.3 Å². The summed E-state index contributed by atoms with van der Waals surface area (Å²) in [5.41, 5.74) is 6.78. The molecule has 8 heteroatoms. The lowest BCUT2D eigenvalue weighted by Crippen LogP contribution is -2.51. The van der Waals surface area contributed by atoms with Gasteiger partial charge in [0.15, 0.2) is 0 Å². The van der Waals surface area contributed by atoms with Crippen molar-refractivity contribution in [3.05, 3.63) is 83.9 Å². The second kappa shape index (κ2) is 10.1. The molecule has 0 aliphatic heterocycles. The fourth-order valence-corrected chi connectivity index (χ4v) is 2.98. The van der Waals surface area contributed by atoms with Gasteiger partial charge in [-0.15, -0.1) is 0 Å². The first-order chi connectivity index (χ1) is 15.6. The summed E-state index contributed by atoms with van der Waals surface area (Å²) in [5.74, 6) is 0.144. The lowest BCUT2D eigenvalue weighted by atomic mass is 10.0. The zero-order chi connectivity index (χ0) is 24.1. The first kappa shape index (κ1) is 24.3. The number of alkyl halides is 3. The van der Waals surface area contributed by atoms with Crippen LogP contribution in [-0.4, -0.2) is 29.8 Å². The Labute approximate surface area is 190 Å². The number of anilines is 1. The number of amides is 1. The van der Waals surface area contributed by atoms with Crippen molar-refractivity contribution >= 4 is 11.6 Å². The molecule has 0 aliphatic carbocycles. The zero-order valence-corrected chi connectivity index (χ0v) is 18.0. The van der Waals surface area contributed by atoms with Gasteiger partial charge in [-0.3, -0.25) is 4.79 Å². The van der Waals surface area contributed by atoms with Crippen molar-refractivity contribution in [2.75, 3.05) is 18.5 Å². The number of ether oxygens (including phenoxy) is 1. The van der Waals surface area contributed by atoms with Crippen LogP contribution < -0.4 is 15.8 Å². The van der Waals surface area contributed by atoms with Crippen molar-refractivity contribution in [3.8, 4) is 16.9 Å². The molecule has 1 amide bonds. The molecule has 3 aromatic carbocycles. The van der Waals surface area contributed by atoms with Crippen LogP contribution in [0.1, 0.15) is 18.1 Å². The first-order valence-corrected chi connectivity index (χ1v) is 10.3. The summed E-state index contributed by atoms with van der Waals surface area (Å²) in [5, 5.41) is 11.8. The van der Waals surface area contributed by atoms with E-state index in [1.165, 1.54) is 19.1 Å². The minimum absolute atomic E-state index is 0.427. The summed E-state index contributed by atoms with van der Waals surface area (Å²) in [6, 6.07) is 19.4. The smallest absolute Gasteiger partial charge is 0.416 e. The molecule has 0 fully saturated rings. The third-order valence-electron chi connectivity index (χ3n) is 5.12. The molecule has 174 valence electrons. The molecular weight excluding hydrogens is 433 g/mol. The lowest BCUT2D eigenvalue weighted by Gasteiger charge is -2.20. The summed E-state index contributed by atoms with van der Waals surface area (Å²) in [7, 11) is 0. The van der Waals surface area contributed by atoms with Gasteiger partial charge in [-0.1, -0.05) is 36.4 Å². The molecule has 33 heavy (non-hydrogen) atoms. The Bertz CT molecular complexity index is 1060. The van der Waals surface area contributed by atoms with Gasteiger partial charge in [-0.05, 0) is 60.0 Å². The van der Waals surface area contributed by atoms with Crippen LogP contribution in [0.3, 0.4) is 0 Å². The number of hydrogen-bond donors (Lipinski definition) is 3. The average molecular weight is 458 g/mol. The Kier molecular flexibility index (Phi) is 7.40. The molecular formula is C25H25F3N2O3. The number of carbonyl (C=O) groups excluding carboxylic acids is 1. The maximum absolute atomic E-state index is 12.7. The Morgan fingerprint density at radius 3 is 2.00 bits per heavy atom. The van der Waals surface area contributed by atoms with Crippen LogP contribution in [0.2, 0.25) is 0 Å². The molecule has 3 aromatic rings. The van der Waals surface area contributed by atoms with Crippen molar-refractivity contribution in [2.24, 2.45) is 5.73 Å². The molecule has 0 aliphatic rings. The summed E-state index contributed by atoms with van der Waals surface area (Å²) < 4.78 is 43.8. The highest BCUT2D eigenvalue weighted by Gasteiger charge is 2.30. The number of aliphatic hydroxyl groups excluding tert-OH is 1. The van der Waals surface area contributed by atoms with Crippen molar-refractivity contribution < 1.29 is 27.8 Å². The second-order valence-corrected chi connectivity index (χ2v) is 7.92. The molecule has 0 unspecified atom stereocenters. The van der Waals surface area contributed by atoms with Gasteiger partial charge in [-0.25, -0.2) is 0 Å². The van der Waals surface area contributed by atoms with Crippen molar-refractivity contribution in [3.63, 3.8) is 0 Å². The van der Waals surface area contributed by atoms with Gasteiger partial charge >= 0.3 is 6.18 Å². The molecule has 1 atom stereocenters.